The second-order valence-corrected chi connectivity index (χ2v) is 6.42. The highest BCUT2D eigenvalue weighted by molar-refractivity contribution is 5.95. The van der Waals surface area contributed by atoms with Crippen molar-refractivity contribution in [2.45, 2.75) is 19.9 Å². The zero-order chi connectivity index (χ0) is 18.5. The van der Waals surface area contributed by atoms with Gasteiger partial charge < -0.3 is 18.9 Å². The maximum absolute atomic E-state index is 12.9. The van der Waals surface area contributed by atoms with Crippen LogP contribution in [-0.4, -0.2) is 61.3 Å². The van der Waals surface area contributed by atoms with Gasteiger partial charge in [-0.3, -0.25) is 9.69 Å². The number of hydrogen-bond acceptors (Lipinski definition) is 6. The number of aromatic nitrogens is 1. The number of ether oxygens (including phenoxy) is 2. The van der Waals surface area contributed by atoms with Gasteiger partial charge in [-0.2, -0.15) is 0 Å². The van der Waals surface area contributed by atoms with Crippen LogP contribution in [0.15, 0.2) is 28.8 Å². The SMILES string of the molecule is COc1ccc(C(=O)N2CCCN(Cc3cc(C)on3)CC2)cc1OC. The number of methoxy groups -OCH3 is 2. The molecule has 0 spiro atoms. The Balaban J connectivity index is 1.64. The zero-order valence-corrected chi connectivity index (χ0v) is 15.5. The van der Waals surface area contributed by atoms with Crippen LogP contribution in [0.1, 0.15) is 28.2 Å². The van der Waals surface area contributed by atoms with E-state index in [0.717, 1.165) is 44.1 Å². The Morgan fingerprint density at radius 2 is 1.92 bits per heavy atom. The van der Waals surface area contributed by atoms with Gasteiger partial charge >= 0.3 is 0 Å². The fourth-order valence-corrected chi connectivity index (χ4v) is 3.21. The number of carbonyl (C=O) groups is 1. The molecule has 26 heavy (non-hydrogen) atoms. The molecule has 1 amide bonds. The Kier molecular flexibility index (Phi) is 5.78. The molecule has 0 bridgehead atoms. The first-order chi connectivity index (χ1) is 12.6. The van der Waals surface area contributed by atoms with Crippen LogP contribution in [-0.2, 0) is 6.54 Å². The average molecular weight is 359 g/mol. The summed E-state index contributed by atoms with van der Waals surface area (Å²) in [7, 11) is 3.15. The van der Waals surface area contributed by atoms with E-state index in [1.54, 1.807) is 32.4 Å². The maximum Gasteiger partial charge on any atom is 0.254 e. The van der Waals surface area contributed by atoms with E-state index in [1.807, 2.05) is 17.9 Å². The minimum absolute atomic E-state index is 0.0186. The molecule has 0 aliphatic carbocycles. The molecule has 7 heteroatoms. The van der Waals surface area contributed by atoms with E-state index in [1.165, 1.54) is 0 Å². The van der Waals surface area contributed by atoms with Crippen molar-refractivity contribution in [3.05, 3.63) is 41.3 Å². The van der Waals surface area contributed by atoms with Crippen molar-refractivity contribution in [2.75, 3.05) is 40.4 Å². The van der Waals surface area contributed by atoms with Gasteiger partial charge in [-0.1, -0.05) is 5.16 Å². The smallest absolute Gasteiger partial charge is 0.254 e. The van der Waals surface area contributed by atoms with Gasteiger partial charge in [-0.15, -0.1) is 0 Å². The standard InChI is InChI=1S/C19H25N3O4/c1-14-11-16(20-26-14)13-21-7-4-8-22(10-9-21)19(23)15-5-6-17(24-2)18(12-15)25-3/h5-6,11-12H,4,7-10,13H2,1-3H3. The van der Waals surface area contributed by atoms with Gasteiger partial charge in [0.25, 0.3) is 5.91 Å². The Morgan fingerprint density at radius 3 is 2.62 bits per heavy atom. The van der Waals surface area contributed by atoms with Gasteiger partial charge in [-0.25, -0.2) is 0 Å². The van der Waals surface area contributed by atoms with E-state index in [0.29, 0.717) is 23.6 Å². The van der Waals surface area contributed by atoms with Gasteiger partial charge in [0.15, 0.2) is 11.5 Å². The molecule has 1 saturated heterocycles. The largest absolute Gasteiger partial charge is 0.493 e. The number of aryl methyl sites for hydroxylation is 1. The minimum atomic E-state index is 0.0186. The molecule has 140 valence electrons. The zero-order valence-electron chi connectivity index (χ0n) is 15.5. The summed E-state index contributed by atoms with van der Waals surface area (Å²) in [6.07, 6.45) is 0.926. The molecule has 2 aromatic rings. The number of benzene rings is 1. The second kappa shape index (κ2) is 8.23. The minimum Gasteiger partial charge on any atom is -0.493 e. The summed E-state index contributed by atoms with van der Waals surface area (Å²) >= 11 is 0. The summed E-state index contributed by atoms with van der Waals surface area (Å²) in [5, 5.41) is 4.05. The summed E-state index contributed by atoms with van der Waals surface area (Å²) in [6.45, 7) is 5.80. The second-order valence-electron chi connectivity index (χ2n) is 6.42. The van der Waals surface area contributed by atoms with Crippen LogP contribution in [0, 0.1) is 6.92 Å². The summed E-state index contributed by atoms with van der Waals surface area (Å²) in [6, 6.07) is 7.24. The lowest BCUT2D eigenvalue weighted by Gasteiger charge is -2.22. The summed E-state index contributed by atoms with van der Waals surface area (Å²) in [5.74, 6) is 2.02. The van der Waals surface area contributed by atoms with Gasteiger partial charge in [0.2, 0.25) is 0 Å². The van der Waals surface area contributed by atoms with Crippen molar-refractivity contribution in [3.8, 4) is 11.5 Å². The number of rotatable bonds is 5. The van der Waals surface area contributed by atoms with E-state index < -0.39 is 0 Å². The van der Waals surface area contributed by atoms with E-state index >= 15 is 0 Å². The monoisotopic (exact) mass is 359 g/mol. The van der Waals surface area contributed by atoms with Crippen molar-refractivity contribution in [1.82, 2.24) is 15.0 Å². The fraction of sp³-hybridized carbons (Fsp3) is 0.474. The molecule has 2 heterocycles. The summed E-state index contributed by atoms with van der Waals surface area (Å²) < 4.78 is 15.7. The third-order valence-corrected chi connectivity index (χ3v) is 4.57. The first-order valence-electron chi connectivity index (χ1n) is 8.76. The van der Waals surface area contributed by atoms with Crippen LogP contribution in [0.2, 0.25) is 0 Å². The Hall–Kier alpha value is -2.54. The molecule has 3 rings (SSSR count). The number of hydrogen-bond donors (Lipinski definition) is 0. The molecule has 0 N–H and O–H groups in total. The average Bonchev–Trinajstić information content (AvgIpc) is 2.92. The first-order valence-corrected chi connectivity index (χ1v) is 8.76. The maximum atomic E-state index is 12.9. The molecular formula is C19H25N3O4. The molecule has 7 nitrogen and oxygen atoms in total. The topological polar surface area (TPSA) is 68.0 Å². The lowest BCUT2D eigenvalue weighted by Crippen LogP contribution is -2.35. The summed E-state index contributed by atoms with van der Waals surface area (Å²) in [4.78, 5) is 17.1. The predicted octanol–water partition coefficient (Wildman–Crippen LogP) is 2.35. The Labute approximate surface area is 153 Å². The fourth-order valence-electron chi connectivity index (χ4n) is 3.21. The number of carbonyl (C=O) groups excluding carboxylic acids is 1. The number of nitrogens with zero attached hydrogens (tertiary/aromatic N) is 3. The van der Waals surface area contributed by atoms with E-state index in [9.17, 15) is 4.79 Å². The molecule has 0 saturated carbocycles. The molecule has 0 atom stereocenters. The molecular weight excluding hydrogens is 334 g/mol. The first kappa shape index (κ1) is 18.3. The molecule has 1 fully saturated rings. The van der Waals surface area contributed by atoms with Gasteiger partial charge in [0.05, 0.1) is 19.9 Å². The molecule has 1 aromatic heterocycles. The van der Waals surface area contributed by atoms with Crippen LogP contribution < -0.4 is 9.47 Å². The quantitative estimate of drug-likeness (QED) is 0.816. The Bertz CT molecular complexity index is 759. The Morgan fingerprint density at radius 1 is 1.12 bits per heavy atom. The molecule has 0 radical (unpaired) electrons. The van der Waals surface area contributed by atoms with Crippen LogP contribution in [0.5, 0.6) is 11.5 Å². The predicted molar refractivity (Wildman–Crippen MR) is 96.6 cm³/mol. The molecule has 1 aliphatic heterocycles. The van der Waals surface area contributed by atoms with Crippen LogP contribution in [0.4, 0.5) is 0 Å². The molecule has 0 unspecified atom stereocenters. The highest BCUT2D eigenvalue weighted by Gasteiger charge is 2.22. The van der Waals surface area contributed by atoms with Gasteiger partial charge in [0, 0.05) is 44.4 Å². The molecule has 1 aliphatic rings. The summed E-state index contributed by atoms with van der Waals surface area (Å²) in [5.41, 5.74) is 1.55. The van der Waals surface area contributed by atoms with Crippen molar-refractivity contribution >= 4 is 5.91 Å². The lowest BCUT2D eigenvalue weighted by molar-refractivity contribution is 0.0760. The third kappa shape index (κ3) is 4.16. The van der Waals surface area contributed by atoms with Crippen molar-refractivity contribution in [1.29, 1.82) is 0 Å². The van der Waals surface area contributed by atoms with Crippen molar-refractivity contribution in [2.24, 2.45) is 0 Å². The van der Waals surface area contributed by atoms with Crippen LogP contribution in [0.3, 0.4) is 0 Å². The van der Waals surface area contributed by atoms with E-state index in [4.69, 9.17) is 14.0 Å². The van der Waals surface area contributed by atoms with E-state index in [2.05, 4.69) is 10.1 Å². The van der Waals surface area contributed by atoms with Crippen molar-refractivity contribution in [3.63, 3.8) is 0 Å². The third-order valence-electron chi connectivity index (χ3n) is 4.57. The van der Waals surface area contributed by atoms with Gasteiger partial charge in [0.1, 0.15) is 5.76 Å². The molecule has 1 aromatic carbocycles. The van der Waals surface area contributed by atoms with Crippen LogP contribution >= 0.6 is 0 Å². The number of amides is 1. The highest BCUT2D eigenvalue weighted by Crippen LogP contribution is 2.28. The van der Waals surface area contributed by atoms with Gasteiger partial charge in [-0.05, 0) is 31.5 Å². The normalized spacial score (nSPS) is 15.6. The van der Waals surface area contributed by atoms with E-state index in [-0.39, 0.29) is 5.91 Å². The lowest BCUT2D eigenvalue weighted by atomic mass is 10.1. The highest BCUT2D eigenvalue weighted by atomic mass is 16.5. The van der Waals surface area contributed by atoms with Crippen LogP contribution in [0.25, 0.3) is 0 Å². The van der Waals surface area contributed by atoms with Crippen molar-refractivity contribution < 1.29 is 18.8 Å².